The first-order valence-corrected chi connectivity index (χ1v) is 5.37. The van der Waals surface area contributed by atoms with E-state index in [1.54, 1.807) is 18.0 Å². The van der Waals surface area contributed by atoms with Gasteiger partial charge in [-0.05, 0) is 25.1 Å². The molecule has 0 spiro atoms. The zero-order valence-electron chi connectivity index (χ0n) is 8.64. The number of anilines is 1. The first-order chi connectivity index (χ1) is 7.15. The van der Waals surface area contributed by atoms with Crippen LogP contribution in [0.3, 0.4) is 0 Å². The van der Waals surface area contributed by atoms with Crippen molar-refractivity contribution in [2.45, 2.75) is 16.8 Å². The van der Waals surface area contributed by atoms with Gasteiger partial charge in [-0.2, -0.15) is 5.10 Å². The van der Waals surface area contributed by atoms with Crippen LogP contribution in [-0.4, -0.2) is 14.8 Å². The van der Waals surface area contributed by atoms with E-state index in [0.717, 1.165) is 15.6 Å². The van der Waals surface area contributed by atoms with E-state index in [9.17, 15) is 0 Å². The lowest BCUT2D eigenvalue weighted by molar-refractivity contribution is 0.692. The van der Waals surface area contributed by atoms with Gasteiger partial charge in [0.15, 0.2) is 0 Å². The van der Waals surface area contributed by atoms with Gasteiger partial charge in [-0.3, -0.25) is 4.68 Å². The summed E-state index contributed by atoms with van der Waals surface area (Å²) in [5.74, 6) is 0.541. The highest BCUT2D eigenvalue weighted by atomic mass is 32.2. The Balaban J connectivity index is 2.25. The van der Waals surface area contributed by atoms with Crippen molar-refractivity contribution < 1.29 is 0 Å². The molecule has 0 bridgehead atoms. The van der Waals surface area contributed by atoms with Crippen LogP contribution in [0.15, 0.2) is 34.3 Å². The van der Waals surface area contributed by atoms with Crippen LogP contribution in [0.25, 0.3) is 0 Å². The van der Waals surface area contributed by atoms with Gasteiger partial charge >= 0.3 is 0 Å². The highest BCUT2D eigenvalue weighted by Crippen LogP contribution is 2.27. The second-order valence-electron chi connectivity index (χ2n) is 3.27. The minimum Gasteiger partial charge on any atom is -0.384 e. The van der Waals surface area contributed by atoms with Crippen LogP contribution < -0.4 is 5.73 Å². The number of rotatable bonds is 2. The molecule has 0 radical (unpaired) electrons. The maximum absolute atomic E-state index is 5.61. The minimum atomic E-state index is 0.541. The third-order valence-corrected chi connectivity index (χ3v) is 3.01. The normalized spacial score (nSPS) is 10.5. The number of nitrogens with two attached hydrogens (primary N) is 1. The van der Waals surface area contributed by atoms with E-state index in [2.05, 4.69) is 10.1 Å². The fourth-order valence-electron chi connectivity index (χ4n) is 1.29. The maximum atomic E-state index is 5.61. The third-order valence-electron chi connectivity index (χ3n) is 1.93. The highest BCUT2D eigenvalue weighted by Gasteiger charge is 2.04. The van der Waals surface area contributed by atoms with Gasteiger partial charge in [-0.1, -0.05) is 11.8 Å². The monoisotopic (exact) mass is 220 g/mol. The van der Waals surface area contributed by atoms with Crippen molar-refractivity contribution >= 4 is 17.6 Å². The molecule has 0 saturated carbocycles. The van der Waals surface area contributed by atoms with Crippen molar-refractivity contribution in [3.8, 4) is 0 Å². The van der Waals surface area contributed by atoms with Crippen LogP contribution in [0.1, 0.15) is 5.69 Å². The van der Waals surface area contributed by atoms with Crippen molar-refractivity contribution in [1.82, 2.24) is 14.8 Å². The molecule has 0 aliphatic carbocycles. The summed E-state index contributed by atoms with van der Waals surface area (Å²) >= 11 is 1.63. The summed E-state index contributed by atoms with van der Waals surface area (Å²) in [5.41, 5.74) is 6.62. The van der Waals surface area contributed by atoms with E-state index >= 15 is 0 Å². The second-order valence-corrected chi connectivity index (χ2v) is 4.36. The summed E-state index contributed by atoms with van der Waals surface area (Å²) in [6, 6.07) is 5.83. The predicted molar refractivity (Wildman–Crippen MR) is 60.7 cm³/mol. The Bertz CT molecular complexity index is 478. The summed E-state index contributed by atoms with van der Waals surface area (Å²) in [7, 11) is 1.93. The molecule has 2 aromatic heterocycles. The van der Waals surface area contributed by atoms with Crippen molar-refractivity contribution in [3.63, 3.8) is 0 Å². The molecule has 5 heteroatoms. The molecule has 0 atom stereocenters. The van der Waals surface area contributed by atoms with Crippen LogP contribution in [0.4, 0.5) is 5.82 Å². The van der Waals surface area contributed by atoms with Crippen LogP contribution in [0, 0.1) is 6.92 Å². The van der Waals surface area contributed by atoms with Gasteiger partial charge in [0.25, 0.3) is 0 Å². The number of pyridine rings is 1. The standard InChI is InChI=1S/C10H12N4S/c1-7-5-10(14(2)13-7)15-8-3-4-12-9(11)6-8/h3-6H,1-2H3,(H2,11,12). The van der Waals surface area contributed by atoms with Crippen molar-refractivity contribution in [2.75, 3.05) is 5.73 Å². The van der Waals surface area contributed by atoms with Crippen molar-refractivity contribution in [3.05, 3.63) is 30.1 Å². The number of aromatic nitrogens is 3. The van der Waals surface area contributed by atoms with Crippen LogP contribution >= 0.6 is 11.8 Å². The number of nitrogens with zero attached hydrogens (tertiary/aromatic N) is 3. The average molecular weight is 220 g/mol. The zero-order valence-corrected chi connectivity index (χ0v) is 9.45. The first kappa shape index (κ1) is 10.0. The molecular weight excluding hydrogens is 208 g/mol. The molecule has 0 amide bonds. The SMILES string of the molecule is Cc1cc(Sc2ccnc(N)c2)n(C)n1. The van der Waals surface area contributed by atoms with Crippen LogP contribution in [0.2, 0.25) is 0 Å². The Morgan fingerprint density at radius 1 is 1.40 bits per heavy atom. The van der Waals surface area contributed by atoms with E-state index in [0.29, 0.717) is 5.82 Å². The fraction of sp³-hybridized carbons (Fsp3) is 0.200. The molecule has 4 nitrogen and oxygen atoms in total. The van der Waals surface area contributed by atoms with E-state index in [-0.39, 0.29) is 0 Å². The molecule has 78 valence electrons. The Kier molecular flexibility index (Phi) is 2.64. The van der Waals surface area contributed by atoms with Gasteiger partial charge < -0.3 is 5.73 Å². The molecule has 2 heterocycles. The molecule has 15 heavy (non-hydrogen) atoms. The van der Waals surface area contributed by atoms with Gasteiger partial charge in [0, 0.05) is 18.1 Å². The second kappa shape index (κ2) is 3.94. The predicted octanol–water partition coefficient (Wildman–Crippen LogP) is 1.86. The van der Waals surface area contributed by atoms with Crippen LogP contribution in [-0.2, 0) is 7.05 Å². The molecule has 0 aliphatic rings. The van der Waals surface area contributed by atoms with Gasteiger partial charge in [-0.25, -0.2) is 4.98 Å². The minimum absolute atomic E-state index is 0.541. The summed E-state index contributed by atoms with van der Waals surface area (Å²) < 4.78 is 1.86. The number of nitrogen functional groups attached to an aromatic ring is 1. The molecular formula is C10H12N4S. The lowest BCUT2D eigenvalue weighted by Gasteiger charge is -2.01. The molecule has 0 aliphatic heterocycles. The maximum Gasteiger partial charge on any atom is 0.124 e. The summed E-state index contributed by atoms with van der Waals surface area (Å²) in [4.78, 5) is 5.03. The first-order valence-electron chi connectivity index (χ1n) is 4.55. The average Bonchev–Trinajstić information content (AvgIpc) is 2.45. The molecule has 2 rings (SSSR count). The fourth-order valence-corrected chi connectivity index (χ4v) is 2.25. The van der Waals surface area contributed by atoms with Gasteiger partial charge in [0.2, 0.25) is 0 Å². The Morgan fingerprint density at radius 2 is 2.20 bits per heavy atom. The molecule has 0 fully saturated rings. The van der Waals surface area contributed by atoms with Gasteiger partial charge in [-0.15, -0.1) is 0 Å². The summed E-state index contributed by atoms with van der Waals surface area (Å²) in [6.07, 6.45) is 1.71. The van der Waals surface area contributed by atoms with E-state index < -0.39 is 0 Å². The lowest BCUT2D eigenvalue weighted by atomic mass is 10.5. The van der Waals surface area contributed by atoms with Crippen LogP contribution in [0.5, 0.6) is 0 Å². The number of hydrogen-bond donors (Lipinski definition) is 1. The molecule has 2 aromatic rings. The Morgan fingerprint density at radius 3 is 2.80 bits per heavy atom. The van der Waals surface area contributed by atoms with Crippen molar-refractivity contribution in [2.24, 2.45) is 7.05 Å². The van der Waals surface area contributed by atoms with Gasteiger partial charge in [0.1, 0.15) is 5.82 Å². The number of aryl methyl sites for hydroxylation is 2. The molecule has 0 saturated heterocycles. The summed E-state index contributed by atoms with van der Waals surface area (Å²) in [5, 5.41) is 5.37. The lowest BCUT2D eigenvalue weighted by Crippen LogP contribution is -1.93. The molecule has 0 aromatic carbocycles. The van der Waals surface area contributed by atoms with E-state index in [4.69, 9.17) is 5.73 Å². The Labute approximate surface area is 92.5 Å². The van der Waals surface area contributed by atoms with E-state index in [1.807, 2.05) is 36.9 Å². The third kappa shape index (κ3) is 2.30. The van der Waals surface area contributed by atoms with Gasteiger partial charge in [0.05, 0.1) is 10.7 Å². The smallest absolute Gasteiger partial charge is 0.124 e. The largest absolute Gasteiger partial charge is 0.384 e. The number of hydrogen-bond acceptors (Lipinski definition) is 4. The topological polar surface area (TPSA) is 56.7 Å². The molecule has 0 unspecified atom stereocenters. The quantitative estimate of drug-likeness (QED) is 0.839. The highest BCUT2D eigenvalue weighted by molar-refractivity contribution is 7.99. The van der Waals surface area contributed by atoms with Crippen molar-refractivity contribution in [1.29, 1.82) is 0 Å². The molecule has 2 N–H and O–H groups in total. The van der Waals surface area contributed by atoms with E-state index in [1.165, 1.54) is 0 Å². The zero-order chi connectivity index (χ0) is 10.8. The summed E-state index contributed by atoms with van der Waals surface area (Å²) in [6.45, 7) is 1.98. The Hall–Kier alpha value is -1.49.